The average Bonchev–Trinajstić information content (AvgIpc) is 3.38. The van der Waals surface area contributed by atoms with E-state index in [9.17, 15) is 5.11 Å². The van der Waals surface area contributed by atoms with Crippen molar-refractivity contribution in [1.29, 1.82) is 0 Å². The summed E-state index contributed by atoms with van der Waals surface area (Å²) >= 11 is 1.63. The zero-order valence-corrected chi connectivity index (χ0v) is 14.1. The van der Waals surface area contributed by atoms with E-state index in [0.717, 1.165) is 29.5 Å². The van der Waals surface area contributed by atoms with E-state index in [1.807, 2.05) is 18.2 Å². The lowest BCUT2D eigenvalue weighted by Gasteiger charge is -2.09. The summed E-state index contributed by atoms with van der Waals surface area (Å²) in [4.78, 5) is 0. The summed E-state index contributed by atoms with van der Waals surface area (Å²) in [6.07, 6.45) is 2.29. The largest absolute Gasteiger partial charge is 0.493 e. The molecular weight excluding hydrogens is 322 g/mol. The number of hydrogen-bond acceptors (Lipinski definition) is 5. The summed E-state index contributed by atoms with van der Waals surface area (Å²) in [5, 5.41) is 20.9. The second-order valence-corrected chi connectivity index (χ2v) is 6.93. The second-order valence-electron chi connectivity index (χ2n) is 5.86. The summed E-state index contributed by atoms with van der Waals surface area (Å²) in [6, 6.07) is 14.9. The molecule has 0 aliphatic heterocycles. The second kappa shape index (κ2) is 6.83. The fourth-order valence-electron chi connectivity index (χ4n) is 2.76. The topological polar surface area (TPSA) is 60.2 Å². The molecular formula is C18H19N3O2S. The van der Waals surface area contributed by atoms with Gasteiger partial charge in [0.05, 0.1) is 6.61 Å². The highest BCUT2D eigenvalue weighted by atomic mass is 32.2. The molecule has 0 atom stereocenters. The number of aliphatic hydroxyl groups is 1. The van der Waals surface area contributed by atoms with E-state index in [4.69, 9.17) is 4.74 Å². The van der Waals surface area contributed by atoms with Crippen LogP contribution in [0, 0.1) is 0 Å². The summed E-state index contributed by atoms with van der Waals surface area (Å²) in [5.74, 6) is 2.34. The predicted octanol–water partition coefficient (Wildman–Crippen LogP) is 3.43. The van der Waals surface area contributed by atoms with Crippen LogP contribution in [0.15, 0.2) is 47.6 Å². The standard InChI is InChI=1S/C18H19N3O2S/c22-12-17-19-20-18(21(17)15-6-7-15)24-10-9-23-16-8-5-13-3-1-2-4-14(13)11-16/h1-5,8,11,15,22H,6-7,9-10,12H2. The third kappa shape index (κ3) is 3.25. The predicted molar refractivity (Wildman–Crippen MR) is 94.4 cm³/mol. The van der Waals surface area contributed by atoms with Crippen molar-refractivity contribution in [2.45, 2.75) is 30.6 Å². The van der Waals surface area contributed by atoms with Crippen molar-refractivity contribution in [3.63, 3.8) is 0 Å². The Bertz CT molecular complexity index is 845. The molecule has 2 aromatic carbocycles. The Hall–Kier alpha value is -2.05. The van der Waals surface area contributed by atoms with E-state index in [-0.39, 0.29) is 6.61 Å². The minimum atomic E-state index is -0.0579. The lowest BCUT2D eigenvalue weighted by Crippen LogP contribution is -2.05. The third-order valence-electron chi connectivity index (χ3n) is 4.09. The molecule has 0 saturated heterocycles. The molecule has 4 rings (SSSR count). The Labute approximate surface area is 144 Å². The average molecular weight is 341 g/mol. The number of nitrogens with zero attached hydrogens (tertiary/aromatic N) is 3. The Kier molecular flexibility index (Phi) is 4.40. The molecule has 1 aromatic heterocycles. The van der Waals surface area contributed by atoms with Crippen LogP contribution in [0.25, 0.3) is 10.8 Å². The van der Waals surface area contributed by atoms with Gasteiger partial charge in [-0.1, -0.05) is 42.1 Å². The molecule has 24 heavy (non-hydrogen) atoms. The van der Waals surface area contributed by atoms with Crippen LogP contribution < -0.4 is 4.74 Å². The molecule has 124 valence electrons. The van der Waals surface area contributed by atoms with Crippen molar-refractivity contribution in [1.82, 2.24) is 14.8 Å². The van der Waals surface area contributed by atoms with Gasteiger partial charge in [-0.15, -0.1) is 10.2 Å². The number of rotatable bonds is 7. The van der Waals surface area contributed by atoms with Crippen LogP contribution in [0.5, 0.6) is 5.75 Å². The molecule has 1 fully saturated rings. The molecule has 0 spiro atoms. The van der Waals surface area contributed by atoms with E-state index in [1.165, 1.54) is 10.8 Å². The van der Waals surface area contributed by atoms with E-state index >= 15 is 0 Å². The highest BCUT2D eigenvalue weighted by Gasteiger charge is 2.29. The maximum Gasteiger partial charge on any atom is 0.191 e. The minimum Gasteiger partial charge on any atom is -0.493 e. The molecule has 0 unspecified atom stereocenters. The number of benzene rings is 2. The maximum atomic E-state index is 9.36. The first-order valence-electron chi connectivity index (χ1n) is 8.14. The Morgan fingerprint density at radius 1 is 1.12 bits per heavy atom. The van der Waals surface area contributed by atoms with Crippen molar-refractivity contribution in [2.24, 2.45) is 0 Å². The van der Waals surface area contributed by atoms with E-state index in [0.29, 0.717) is 18.5 Å². The SMILES string of the molecule is OCc1nnc(SCCOc2ccc3ccccc3c2)n1C1CC1. The van der Waals surface area contributed by atoms with Crippen LogP contribution in [-0.4, -0.2) is 32.2 Å². The number of fused-ring (bicyclic) bond motifs is 1. The summed E-state index contributed by atoms with van der Waals surface area (Å²) in [6.45, 7) is 0.548. The molecule has 0 radical (unpaired) electrons. The number of thioether (sulfide) groups is 1. The fraction of sp³-hybridized carbons (Fsp3) is 0.333. The molecule has 6 heteroatoms. The number of aromatic nitrogens is 3. The lowest BCUT2D eigenvalue weighted by atomic mass is 10.1. The molecule has 1 heterocycles. The van der Waals surface area contributed by atoms with Gasteiger partial charge in [0, 0.05) is 11.8 Å². The minimum absolute atomic E-state index is 0.0579. The fourth-order valence-corrected chi connectivity index (χ4v) is 3.60. The maximum absolute atomic E-state index is 9.36. The first-order chi connectivity index (χ1) is 11.8. The monoisotopic (exact) mass is 341 g/mol. The van der Waals surface area contributed by atoms with Crippen LogP contribution in [0.2, 0.25) is 0 Å². The Morgan fingerprint density at radius 3 is 2.75 bits per heavy atom. The van der Waals surface area contributed by atoms with Gasteiger partial charge in [0.2, 0.25) is 0 Å². The quantitative estimate of drug-likeness (QED) is 0.527. The molecule has 5 nitrogen and oxygen atoms in total. The van der Waals surface area contributed by atoms with Crippen molar-refractivity contribution in [2.75, 3.05) is 12.4 Å². The zero-order chi connectivity index (χ0) is 16.4. The van der Waals surface area contributed by atoms with Crippen LogP contribution in [0.1, 0.15) is 24.7 Å². The smallest absolute Gasteiger partial charge is 0.191 e. The van der Waals surface area contributed by atoms with Crippen LogP contribution in [-0.2, 0) is 6.61 Å². The van der Waals surface area contributed by atoms with Crippen molar-refractivity contribution >= 4 is 22.5 Å². The van der Waals surface area contributed by atoms with Gasteiger partial charge in [0.25, 0.3) is 0 Å². The van der Waals surface area contributed by atoms with Gasteiger partial charge in [-0.25, -0.2) is 0 Å². The third-order valence-corrected chi connectivity index (χ3v) is 5.00. The molecule has 1 aliphatic rings. The van der Waals surface area contributed by atoms with Gasteiger partial charge in [0.1, 0.15) is 12.4 Å². The van der Waals surface area contributed by atoms with Gasteiger partial charge in [-0.2, -0.15) is 0 Å². The highest BCUT2D eigenvalue weighted by Crippen LogP contribution is 2.38. The summed E-state index contributed by atoms with van der Waals surface area (Å²) in [5.41, 5.74) is 0. The molecule has 1 saturated carbocycles. The van der Waals surface area contributed by atoms with Crippen molar-refractivity contribution < 1.29 is 9.84 Å². The highest BCUT2D eigenvalue weighted by molar-refractivity contribution is 7.99. The first kappa shape index (κ1) is 15.5. The van der Waals surface area contributed by atoms with E-state index < -0.39 is 0 Å². The first-order valence-corrected chi connectivity index (χ1v) is 9.13. The molecule has 3 aromatic rings. The van der Waals surface area contributed by atoms with E-state index in [2.05, 4.69) is 39.0 Å². The van der Waals surface area contributed by atoms with Gasteiger partial charge < -0.3 is 14.4 Å². The molecule has 1 aliphatic carbocycles. The van der Waals surface area contributed by atoms with E-state index in [1.54, 1.807) is 11.8 Å². The number of hydrogen-bond donors (Lipinski definition) is 1. The van der Waals surface area contributed by atoms with Gasteiger partial charge in [-0.3, -0.25) is 0 Å². The van der Waals surface area contributed by atoms with Crippen LogP contribution in [0.3, 0.4) is 0 Å². The number of ether oxygens (including phenoxy) is 1. The summed E-state index contributed by atoms with van der Waals surface area (Å²) in [7, 11) is 0. The van der Waals surface area contributed by atoms with Crippen LogP contribution in [0.4, 0.5) is 0 Å². The number of aliphatic hydroxyl groups excluding tert-OH is 1. The van der Waals surface area contributed by atoms with Crippen LogP contribution >= 0.6 is 11.8 Å². The normalized spacial score (nSPS) is 14.2. The Morgan fingerprint density at radius 2 is 1.96 bits per heavy atom. The van der Waals surface area contributed by atoms with Crippen molar-refractivity contribution in [3.05, 3.63) is 48.3 Å². The molecule has 1 N–H and O–H groups in total. The van der Waals surface area contributed by atoms with Crippen molar-refractivity contribution in [3.8, 4) is 5.75 Å². The zero-order valence-electron chi connectivity index (χ0n) is 13.3. The van der Waals surface area contributed by atoms with Gasteiger partial charge in [-0.05, 0) is 35.7 Å². The summed E-state index contributed by atoms with van der Waals surface area (Å²) < 4.78 is 7.93. The van der Waals surface area contributed by atoms with Gasteiger partial charge >= 0.3 is 0 Å². The van der Waals surface area contributed by atoms with Gasteiger partial charge in [0.15, 0.2) is 11.0 Å². The molecule has 0 amide bonds. The lowest BCUT2D eigenvalue weighted by molar-refractivity contribution is 0.263. The molecule has 0 bridgehead atoms. The Balaban J connectivity index is 1.35.